The summed E-state index contributed by atoms with van der Waals surface area (Å²) in [5, 5.41) is 13.3. The van der Waals surface area contributed by atoms with Gasteiger partial charge in [-0.05, 0) is 31.9 Å². The predicted octanol–water partition coefficient (Wildman–Crippen LogP) is 1.66. The van der Waals surface area contributed by atoms with Crippen molar-refractivity contribution in [3.63, 3.8) is 0 Å². The zero-order valence-corrected chi connectivity index (χ0v) is 18.8. The minimum Gasteiger partial charge on any atom is -0.461 e. The van der Waals surface area contributed by atoms with Gasteiger partial charge in [0.2, 0.25) is 11.8 Å². The van der Waals surface area contributed by atoms with Crippen LogP contribution in [0.1, 0.15) is 39.2 Å². The van der Waals surface area contributed by atoms with E-state index in [4.69, 9.17) is 10.1 Å². The Labute approximate surface area is 187 Å². The molecular formula is C23H30N4O5. The highest BCUT2D eigenvalue weighted by Crippen LogP contribution is 2.21. The van der Waals surface area contributed by atoms with E-state index in [1.54, 1.807) is 13.8 Å². The van der Waals surface area contributed by atoms with Gasteiger partial charge in [0, 0.05) is 43.9 Å². The molecule has 0 fully saturated rings. The van der Waals surface area contributed by atoms with Crippen molar-refractivity contribution in [1.29, 1.82) is 5.41 Å². The Morgan fingerprint density at radius 3 is 2.44 bits per heavy atom. The number of aryl methyl sites for hydroxylation is 1. The number of amides is 2. The van der Waals surface area contributed by atoms with Crippen molar-refractivity contribution in [3.05, 3.63) is 36.0 Å². The quantitative estimate of drug-likeness (QED) is 0.360. The molecule has 0 saturated heterocycles. The van der Waals surface area contributed by atoms with E-state index < -0.39 is 35.8 Å². The van der Waals surface area contributed by atoms with Crippen molar-refractivity contribution in [2.75, 3.05) is 0 Å². The Morgan fingerprint density at radius 2 is 1.81 bits per heavy atom. The van der Waals surface area contributed by atoms with E-state index in [9.17, 15) is 19.2 Å². The molecule has 1 aromatic heterocycles. The van der Waals surface area contributed by atoms with E-state index in [0.29, 0.717) is 6.21 Å². The van der Waals surface area contributed by atoms with Crippen LogP contribution in [0.25, 0.3) is 10.9 Å². The van der Waals surface area contributed by atoms with Crippen LogP contribution in [0.4, 0.5) is 0 Å². The maximum absolute atomic E-state index is 13.1. The van der Waals surface area contributed by atoms with Gasteiger partial charge < -0.3 is 25.3 Å². The molecule has 0 aliphatic heterocycles. The SMILES string of the molecule is CC(=O)N[C@@H](Cc1cn(C)c2ccccc12)C(=O)N[C@@H](CCC(=O)C=N)C(=O)OC(C)C. The lowest BCUT2D eigenvalue weighted by Crippen LogP contribution is -2.52. The summed E-state index contributed by atoms with van der Waals surface area (Å²) >= 11 is 0. The molecule has 2 atom stereocenters. The third-order valence-electron chi connectivity index (χ3n) is 4.89. The summed E-state index contributed by atoms with van der Waals surface area (Å²) in [7, 11) is 1.90. The number of fused-ring (bicyclic) bond motifs is 1. The van der Waals surface area contributed by atoms with Crippen molar-refractivity contribution in [2.24, 2.45) is 7.05 Å². The fraction of sp³-hybridized carbons (Fsp3) is 0.435. The Morgan fingerprint density at radius 1 is 1.12 bits per heavy atom. The van der Waals surface area contributed by atoms with Crippen LogP contribution in [0.5, 0.6) is 0 Å². The molecule has 0 saturated carbocycles. The Balaban J connectivity index is 2.24. The average Bonchev–Trinajstić information content (AvgIpc) is 3.04. The maximum Gasteiger partial charge on any atom is 0.328 e. The standard InChI is InChI=1S/C23H30N4O5/c1-14(2)32-23(31)19(10-9-17(29)12-24)26-22(30)20(25-15(3)28)11-16-13-27(4)21-8-6-5-7-18(16)21/h5-8,12-14,19-20,24H,9-11H2,1-4H3,(H,25,28)(H,26,30)/t19-,20-/m0/s1. The second-order valence-corrected chi connectivity index (χ2v) is 7.94. The number of carbonyl (C=O) groups is 4. The largest absolute Gasteiger partial charge is 0.461 e. The van der Waals surface area contributed by atoms with Gasteiger partial charge in [-0.1, -0.05) is 18.2 Å². The molecule has 2 aromatic rings. The van der Waals surface area contributed by atoms with Crippen molar-refractivity contribution < 1.29 is 23.9 Å². The highest BCUT2D eigenvalue weighted by molar-refractivity contribution is 6.26. The van der Waals surface area contributed by atoms with Gasteiger partial charge >= 0.3 is 5.97 Å². The van der Waals surface area contributed by atoms with E-state index in [1.165, 1.54) is 6.92 Å². The number of nitrogens with one attached hydrogen (secondary N) is 3. The van der Waals surface area contributed by atoms with Gasteiger partial charge in [0.1, 0.15) is 12.1 Å². The molecule has 172 valence electrons. The monoisotopic (exact) mass is 442 g/mol. The molecule has 2 rings (SSSR count). The minimum absolute atomic E-state index is 0.00738. The molecule has 9 nitrogen and oxygen atoms in total. The third kappa shape index (κ3) is 6.76. The topological polar surface area (TPSA) is 130 Å². The van der Waals surface area contributed by atoms with Crippen LogP contribution in [-0.4, -0.2) is 52.5 Å². The van der Waals surface area contributed by atoms with Gasteiger partial charge in [-0.3, -0.25) is 14.4 Å². The predicted molar refractivity (Wildman–Crippen MR) is 120 cm³/mol. The number of rotatable bonds is 11. The van der Waals surface area contributed by atoms with Gasteiger partial charge in [0.25, 0.3) is 0 Å². The first-order chi connectivity index (χ1) is 15.1. The Kier molecular flexibility index (Phi) is 8.69. The lowest BCUT2D eigenvalue weighted by atomic mass is 10.0. The van der Waals surface area contributed by atoms with E-state index >= 15 is 0 Å². The first kappa shape index (κ1) is 24.8. The fourth-order valence-corrected chi connectivity index (χ4v) is 3.46. The van der Waals surface area contributed by atoms with Gasteiger partial charge in [-0.15, -0.1) is 0 Å². The van der Waals surface area contributed by atoms with Gasteiger partial charge in [-0.2, -0.15) is 0 Å². The van der Waals surface area contributed by atoms with Gasteiger partial charge in [0.15, 0.2) is 5.78 Å². The highest BCUT2D eigenvalue weighted by Gasteiger charge is 2.29. The second-order valence-electron chi connectivity index (χ2n) is 7.94. The van der Waals surface area contributed by atoms with Crippen LogP contribution in [0.3, 0.4) is 0 Å². The summed E-state index contributed by atoms with van der Waals surface area (Å²) in [6.45, 7) is 4.68. The zero-order chi connectivity index (χ0) is 23.8. The molecule has 3 N–H and O–H groups in total. The zero-order valence-electron chi connectivity index (χ0n) is 18.8. The molecule has 1 aromatic carbocycles. The van der Waals surface area contributed by atoms with Crippen molar-refractivity contribution in [2.45, 2.75) is 58.2 Å². The van der Waals surface area contributed by atoms with Crippen molar-refractivity contribution >= 4 is 40.7 Å². The van der Waals surface area contributed by atoms with Crippen molar-refractivity contribution in [1.82, 2.24) is 15.2 Å². The van der Waals surface area contributed by atoms with Crippen LogP contribution >= 0.6 is 0 Å². The molecule has 0 aliphatic carbocycles. The second kappa shape index (κ2) is 11.2. The highest BCUT2D eigenvalue weighted by atomic mass is 16.5. The number of esters is 1. The molecular weight excluding hydrogens is 412 g/mol. The van der Waals surface area contributed by atoms with E-state index in [0.717, 1.165) is 16.5 Å². The van der Waals surface area contributed by atoms with Crippen LogP contribution in [0, 0.1) is 5.41 Å². The van der Waals surface area contributed by atoms with Crippen LogP contribution < -0.4 is 10.6 Å². The number of nitrogens with zero attached hydrogens (tertiary/aromatic N) is 1. The summed E-state index contributed by atoms with van der Waals surface area (Å²) in [5.41, 5.74) is 1.87. The summed E-state index contributed by atoms with van der Waals surface area (Å²) in [6, 6.07) is 5.73. The lowest BCUT2D eigenvalue weighted by Gasteiger charge is -2.23. The van der Waals surface area contributed by atoms with E-state index in [2.05, 4.69) is 10.6 Å². The number of para-hydroxylation sites is 1. The lowest BCUT2D eigenvalue weighted by molar-refractivity contribution is -0.151. The number of aromatic nitrogens is 1. The number of ether oxygens (including phenoxy) is 1. The first-order valence-electron chi connectivity index (χ1n) is 10.5. The molecule has 0 aliphatic rings. The Hall–Kier alpha value is -3.49. The van der Waals surface area contributed by atoms with Gasteiger partial charge in [-0.25, -0.2) is 4.79 Å². The molecule has 32 heavy (non-hydrogen) atoms. The summed E-state index contributed by atoms with van der Waals surface area (Å²) in [5.74, 6) is -2.07. The molecule has 9 heteroatoms. The van der Waals surface area contributed by atoms with E-state index in [1.807, 2.05) is 42.1 Å². The Bertz CT molecular complexity index is 1010. The van der Waals surface area contributed by atoms with Crippen LogP contribution in [-0.2, 0) is 37.4 Å². The molecule has 0 radical (unpaired) electrons. The normalized spacial score (nSPS) is 12.8. The minimum atomic E-state index is -1.07. The smallest absolute Gasteiger partial charge is 0.328 e. The molecule has 2 amide bonds. The van der Waals surface area contributed by atoms with E-state index in [-0.39, 0.29) is 25.2 Å². The molecule has 0 bridgehead atoms. The summed E-state index contributed by atoms with van der Waals surface area (Å²) < 4.78 is 7.15. The van der Waals surface area contributed by atoms with Gasteiger partial charge in [0.05, 0.1) is 12.3 Å². The van der Waals surface area contributed by atoms with Crippen LogP contribution in [0.2, 0.25) is 0 Å². The number of hydrogen-bond donors (Lipinski definition) is 3. The summed E-state index contributed by atoms with van der Waals surface area (Å²) in [6.07, 6.45) is 2.30. The first-order valence-corrected chi connectivity index (χ1v) is 10.5. The average molecular weight is 443 g/mol. The number of ketones is 1. The summed E-state index contributed by atoms with van der Waals surface area (Å²) in [4.78, 5) is 48.9. The molecule has 0 unspecified atom stereocenters. The number of hydrogen-bond acceptors (Lipinski definition) is 6. The number of Topliss-reactive ketones (excluding diaryl/α,β-unsaturated/α-hetero) is 1. The third-order valence-corrected chi connectivity index (χ3v) is 4.89. The van der Waals surface area contributed by atoms with Crippen LogP contribution in [0.15, 0.2) is 30.5 Å². The molecule has 0 spiro atoms. The number of benzene rings is 1. The van der Waals surface area contributed by atoms with Crippen molar-refractivity contribution in [3.8, 4) is 0 Å². The number of carbonyl (C=O) groups excluding carboxylic acids is 4. The fourth-order valence-electron chi connectivity index (χ4n) is 3.46. The maximum atomic E-state index is 13.1. The molecule has 1 heterocycles.